The molecule has 2 saturated heterocycles. The molecule has 0 saturated carbocycles. The van der Waals surface area contributed by atoms with Crippen LogP contribution in [0.3, 0.4) is 0 Å². The van der Waals surface area contributed by atoms with Crippen LogP contribution in [0.15, 0.2) is 24.3 Å². The average molecular weight is 316 g/mol. The molecule has 5 nitrogen and oxygen atoms in total. The van der Waals surface area contributed by atoms with E-state index in [1.165, 1.54) is 5.69 Å². The van der Waals surface area contributed by atoms with E-state index in [2.05, 4.69) is 46.2 Å². The molecule has 2 aliphatic heterocycles. The number of nitrogens with one attached hydrogen (secondary N) is 1. The number of rotatable bonds is 3. The Kier molecular flexibility index (Phi) is 5.18. The fourth-order valence-corrected chi connectivity index (χ4v) is 3.34. The summed E-state index contributed by atoms with van der Waals surface area (Å²) in [6.45, 7) is 6.37. The van der Waals surface area contributed by atoms with E-state index in [0.717, 1.165) is 57.8 Å². The van der Waals surface area contributed by atoms with Crippen LogP contribution < -0.4 is 10.2 Å². The standard InChI is InChI=1S/C18H28N4O/c1-20-9-7-15(8-10-20)18(23)19-16-3-5-17(6-4-16)22-13-11-21(2)12-14-22/h3-6,15H,7-14H2,1-2H3,(H,19,23). The highest BCUT2D eigenvalue weighted by atomic mass is 16.1. The normalized spacial score (nSPS) is 21.4. The topological polar surface area (TPSA) is 38.8 Å². The third-order valence-corrected chi connectivity index (χ3v) is 5.09. The fraction of sp³-hybridized carbons (Fsp3) is 0.611. The number of hydrogen-bond donors (Lipinski definition) is 1. The number of likely N-dealkylation sites (N-methyl/N-ethyl adjacent to an activating group) is 1. The summed E-state index contributed by atoms with van der Waals surface area (Å²) in [6, 6.07) is 8.30. The monoisotopic (exact) mass is 316 g/mol. The molecule has 2 heterocycles. The zero-order valence-electron chi connectivity index (χ0n) is 14.3. The van der Waals surface area contributed by atoms with Gasteiger partial charge in [-0.2, -0.15) is 0 Å². The number of anilines is 2. The predicted octanol–water partition coefficient (Wildman–Crippen LogP) is 1.72. The van der Waals surface area contributed by atoms with Crippen molar-refractivity contribution in [2.24, 2.45) is 5.92 Å². The Bertz CT molecular complexity index is 514. The van der Waals surface area contributed by atoms with Gasteiger partial charge in [0.2, 0.25) is 5.91 Å². The zero-order valence-corrected chi connectivity index (χ0v) is 14.3. The molecule has 1 aromatic carbocycles. The van der Waals surface area contributed by atoms with Gasteiger partial charge in [-0.25, -0.2) is 0 Å². The molecule has 23 heavy (non-hydrogen) atoms. The van der Waals surface area contributed by atoms with Crippen LogP contribution in [0, 0.1) is 5.92 Å². The number of piperidine rings is 1. The van der Waals surface area contributed by atoms with Crippen molar-refractivity contribution in [2.45, 2.75) is 12.8 Å². The summed E-state index contributed by atoms with van der Waals surface area (Å²) in [5.74, 6) is 0.328. The van der Waals surface area contributed by atoms with Crippen molar-refractivity contribution < 1.29 is 4.79 Å². The molecule has 0 atom stereocenters. The summed E-state index contributed by atoms with van der Waals surface area (Å²) in [6.07, 6.45) is 1.92. The molecule has 0 unspecified atom stereocenters. The van der Waals surface area contributed by atoms with Crippen LogP contribution in [0.25, 0.3) is 0 Å². The second kappa shape index (κ2) is 7.32. The lowest BCUT2D eigenvalue weighted by Crippen LogP contribution is -2.44. The van der Waals surface area contributed by atoms with E-state index in [1.807, 2.05) is 12.1 Å². The van der Waals surface area contributed by atoms with Gasteiger partial charge >= 0.3 is 0 Å². The minimum absolute atomic E-state index is 0.156. The van der Waals surface area contributed by atoms with E-state index in [4.69, 9.17) is 0 Å². The summed E-state index contributed by atoms with van der Waals surface area (Å²) in [4.78, 5) is 19.4. The van der Waals surface area contributed by atoms with Gasteiger partial charge in [0.15, 0.2) is 0 Å². The van der Waals surface area contributed by atoms with Gasteiger partial charge < -0.3 is 20.0 Å². The van der Waals surface area contributed by atoms with Crippen molar-refractivity contribution in [3.63, 3.8) is 0 Å². The first-order valence-corrected chi connectivity index (χ1v) is 8.65. The number of carbonyl (C=O) groups excluding carboxylic acids is 1. The van der Waals surface area contributed by atoms with Crippen LogP contribution in [-0.4, -0.2) is 69.1 Å². The summed E-state index contributed by atoms with van der Waals surface area (Å²) >= 11 is 0. The quantitative estimate of drug-likeness (QED) is 0.921. The van der Waals surface area contributed by atoms with Crippen molar-refractivity contribution >= 4 is 17.3 Å². The third kappa shape index (κ3) is 4.24. The van der Waals surface area contributed by atoms with Gasteiger partial charge in [-0.1, -0.05) is 0 Å². The molecule has 1 amide bonds. The lowest BCUT2D eigenvalue weighted by atomic mass is 9.96. The molecule has 1 aromatic rings. The van der Waals surface area contributed by atoms with E-state index in [9.17, 15) is 4.79 Å². The highest BCUT2D eigenvalue weighted by molar-refractivity contribution is 5.92. The lowest BCUT2D eigenvalue weighted by Gasteiger charge is -2.34. The van der Waals surface area contributed by atoms with Crippen LogP contribution in [-0.2, 0) is 4.79 Å². The molecule has 2 aliphatic rings. The van der Waals surface area contributed by atoms with Gasteiger partial charge in [0.05, 0.1) is 0 Å². The Morgan fingerprint density at radius 2 is 1.48 bits per heavy atom. The molecule has 0 bridgehead atoms. The van der Waals surface area contributed by atoms with Gasteiger partial charge in [-0.05, 0) is 64.3 Å². The SMILES string of the molecule is CN1CCC(C(=O)Nc2ccc(N3CCN(C)CC3)cc2)CC1. The Labute approximate surface area is 139 Å². The highest BCUT2D eigenvalue weighted by Gasteiger charge is 2.23. The van der Waals surface area contributed by atoms with E-state index < -0.39 is 0 Å². The number of nitrogens with zero attached hydrogens (tertiary/aromatic N) is 3. The van der Waals surface area contributed by atoms with Crippen molar-refractivity contribution in [1.82, 2.24) is 9.80 Å². The van der Waals surface area contributed by atoms with Gasteiger partial charge in [0.1, 0.15) is 0 Å². The number of amides is 1. The molecule has 3 rings (SSSR count). The first kappa shape index (κ1) is 16.3. The second-order valence-corrected chi connectivity index (χ2v) is 6.90. The van der Waals surface area contributed by atoms with Crippen molar-refractivity contribution in [3.05, 3.63) is 24.3 Å². The summed E-state index contributed by atoms with van der Waals surface area (Å²) < 4.78 is 0. The zero-order chi connectivity index (χ0) is 16.2. The molecule has 0 radical (unpaired) electrons. The Morgan fingerprint density at radius 1 is 0.913 bits per heavy atom. The van der Waals surface area contributed by atoms with Crippen molar-refractivity contribution in [1.29, 1.82) is 0 Å². The molecule has 5 heteroatoms. The van der Waals surface area contributed by atoms with E-state index in [0.29, 0.717) is 0 Å². The van der Waals surface area contributed by atoms with Crippen LogP contribution in [0.4, 0.5) is 11.4 Å². The molecule has 0 aromatic heterocycles. The molecular weight excluding hydrogens is 288 g/mol. The van der Waals surface area contributed by atoms with Crippen LogP contribution in [0.5, 0.6) is 0 Å². The van der Waals surface area contributed by atoms with Crippen LogP contribution in [0.2, 0.25) is 0 Å². The maximum atomic E-state index is 12.4. The minimum atomic E-state index is 0.156. The van der Waals surface area contributed by atoms with E-state index >= 15 is 0 Å². The molecule has 2 fully saturated rings. The molecule has 0 spiro atoms. The lowest BCUT2D eigenvalue weighted by molar-refractivity contribution is -0.121. The highest BCUT2D eigenvalue weighted by Crippen LogP contribution is 2.22. The Morgan fingerprint density at radius 3 is 2.09 bits per heavy atom. The number of piperazine rings is 1. The summed E-state index contributed by atoms with van der Waals surface area (Å²) in [5, 5.41) is 3.08. The maximum absolute atomic E-state index is 12.4. The molecule has 126 valence electrons. The molecule has 0 aliphatic carbocycles. The van der Waals surface area contributed by atoms with Crippen molar-refractivity contribution in [2.75, 3.05) is 63.6 Å². The summed E-state index contributed by atoms with van der Waals surface area (Å²) in [7, 11) is 4.28. The first-order chi connectivity index (χ1) is 11.1. The Balaban J connectivity index is 1.54. The maximum Gasteiger partial charge on any atom is 0.227 e. The number of benzene rings is 1. The number of hydrogen-bond acceptors (Lipinski definition) is 4. The molecular formula is C18H28N4O. The predicted molar refractivity (Wildman–Crippen MR) is 95.0 cm³/mol. The molecule has 1 N–H and O–H groups in total. The average Bonchev–Trinajstić information content (AvgIpc) is 2.57. The number of carbonyl (C=O) groups is 1. The van der Waals surface area contributed by atoms with Crippen molar-refractivity contribution in [3.8, 4) is 0 Å². The number of likely N-dealkylation sites (tertiary alicyclic amines) is 1. The fourth-order valence-electron chi connectivity index (χ4n) is 3.34. The summed E-state index contributed by atoms with van der Waals surface area (Å²) in [5.41, 5.74) is 2.15. The second-order valence-electron chi connectivity index (χ2n) is 6.90. The van der Waals surface area contributed by atoms with Crippen LogP contribution in [0.1, 0.15) is 12.8 Å². The van der Waals surface area contributed by atoms with Gasteiger partial charge in [-0.3, -0.25) is 4.79 Å². The third-order valence-electron chi connectivity index (χ3n) is 5.09. The first-order valence-electron chi connectivity index (χ1n) is 8.65. The van der Waals surface area contributed by atoms with Gasteiger partial charge in [0.25, 0.3) is 0 Å². The minimum Gasteiger partial charge on any atom is -0.369 e. The van der Waals surface area contributed by atoms with Gasteiger partial charge in [0, 0.05) is 43.5 Å². The van der Waals surface area contributed by atoms with Crippen LogP contribution >= 0.6 is 0 Å². The van der Waals surface area contributed by atoms with E-state index in [-0.39, 0.29) is 11.8 Å². The largest absolute Gasteiger partial charge is 0.369 e. The smallest absolute Gasteiger partial charge is 0.227 e. The van der Waals surface area contributed by atoms with E-state index in [1.54, 1.807) is 0 Å². The Hall–Kier alpha value is -1.59. The van der Waals surface area contributed by atoms with Gasteiger partial charge in [-0.15, -0.1) is 0 Å².